The van der Waals surface area contributed by atoms with Crippen molar-refractivity contribution in [2.75, 3.05) is 7.11 Å². The first-order chi connectivity index (χ1) is 7.74. The van der Waals surface area contributed by atoms with Crippen molar-refractivity contribution >= 4 is 10.8 Å². The third-order valence-corrected chi connectivity index (χ3v) is 2.76. The first-order valence-electron chi connectivity index (χ1n) is 5.44. The van der Waals surface area contributed by atoms with Gasteiger partial charge < -0.3 is 4.74 Å². The number of fused-ring (bicyclic) bond motifs is 1. The third kappa shape index (κ3) is 2.07. The van der Waals surface area contributed by atoms with Crippen LogP contribution in [0.25, 0.3) is 10.8 Å². The van der Waals surface area contributed by atoms with E-state index in [1.54, 1.807) is 13.2 Å². The SMILES string of the molecule is CCc1cc2ccc(COC)cc2cc1F. The highest BCUT2D eigenvalue weighted by atomic mass is 19.1. The Kier molecular flexibility index (Phi) is 3.20. The van der Waals surface area contributed by atoms with Crippen LogP contribution in [0.4, 0.5) is 4.39 Å². The predicted molar refractivity (Wildman–Crippen MR) is 64.0 cm³/mol. The Bertz CT molecular complexity index is 505. The van der Waals surface area contributed by atoms with Gasteiger partial charge in [0.25, 0.3) is 0 Å². The van der Waals surface area contributed by atoms with Gasteiger partial charge in [0, 0.05) is 7.11 Å². The van der Waals surface area contributed by atoms with Crippen molar-refractivity contribution in [1.29, 1.82) is 0 Å². The Morgan fingerprint density at radius 3 is 2.62 bits per heavy atom. The fourth-order valence-electron chi connectivity index (χ4n) is 1.89. The molecule has 0 saturated heterocycles. The molecule has 0 heterocycles. The third-order valence-electron chi connectivity index (χ3n) is 2.76. The van der Waals surface area contributed by atoms with E-state index >= 15 is 0 Å². The van der Waals surface area contributed by atoms with E-state index in [1.807, 2.05) is 31.2 Å². The molecule has 0 N–H and O–H groups in total. The van der Waals surface area contributed by atoms with Crippen LogP contribution < -0.4 is 0 Å². The summed E-state index contributed by atoms with van der Waals surface area (Å²) in [6, 6.07) is 9.53. The lowest BCUT2D eigenvalue weighted by atomic mass is 10.0. The van der Waals surface area contributed by atoms with Crippen molar-refractivity contribution in [1.82, 2.24) is 0 Å². The van der Waals surface area contributed by atoms with Crippen LogP contribution in [0.15, 0.2) is 30.3 Å². The Morgan fingerprint density at radius 2 is 1.94 bits per heavy atom. The smallest absolute Gasteiger partial charge is 0.127 e. The topological polar surface area (TPSA) is 9.23 Å². The Balaban J connectivity index is 2.53. The summed E-state index contributed by atoms with van der Waals surface area (Å²) in [6.07, 6.45) is 0.724. The van der Waals surface area contributed by atoms with Gasteiger partial charge in [-0.05, 0) is 46.5 Å². The molecule has 0 atom stereocenters. The van der Waals surface area contributed by atoms with E-state index in [0.29, 0.717) is 6.61 Å². The second kappa shape index (κ2) is 4.62. The fraction of sp³-hybridized carbons (Fsp3) is 0.286. The van der Waals surface area contributed by atoms with E-state index in [-0.39, 0.29) is 5.82 Å². The molecule has 0 amide bonds. The molecule has 0 bridgehead atoms. The zero-order valence-electron chi connectivity index (χ0n) is 9.59. The van der Waals surface area contributed by atoms with E-state index in [4.69, 9.17) is 4.74 Å². The quantitative estimate of drug-likeness (QED) is 0.763. The molecule has 2 aromatic rings. The van der Waals surface area contributed by atoms with Gasteiger partial charge in [0.2, 0.25) is 0 Å². The summed E-state index contributed by atoms with van der Waals surface area (Å²) in [5, 5.41) is 2.02. The standard InChI is InChI=1S/C14H15FO/c1-3-11-7-12-5-4-10(9-16-2)6-13(12)8-14(11)15/h4-8H,3,9H2,1-2H3. The molecule has 0 unspecified atom stereocenters. The molecule has 0 aromatic heterocycles. The Hall–Kier alpha value is -1.41. The lowest BCUT2D eigenvalue weighted by Gasteiger charge is -2.06. The van der Waals surface area contributed by atoms with Gasteiger partial charge in [0.15, 0.2) is 0 Å². The molecule has 0 fully saturated rings. The van der Waals surface area contributed by atoms with Crippen molar-refractivity contribution < 1.29 is 9.13 Å². The number of methoxy groups -OCH3 is 1. The Morgan fingerprint density at radius 1 is 1.12 bits per heavy atom. The van der Waals surface area contributed by atoms with E-state index < -0.39 is 0 Å². The molecule has 0 aliphatic carbocycles. The van der Waals surface area contributed by atoms with Crippen molar-refractivity contribution in [2.24, 2.45) is 0 Å². The zero-order valence-corrected chi connectivity index (χ0v) is 9.59. The summed E-state index contributed by atoms with van der Waals surface area (Å²) in [6.45, 7) is 2.52. The summed E-state index contributed by atoms with van der Waals surface area (Å²) in [5.41, 5.74) is 1.84. The maximum atomic E-state index is 13.6. The number of hydrogen-bond donors (Lipinski definition) is 0. The van der Waals surface area contributed by atoms with Crippen LogP contribution in [-0.2, 0) is 17.8 Å². The second-order valence-electron chi connectivity index (χ2n) is 3.91. The summed E-state index contributed by atoms with van der Waals surface area (Å²) >= 11 is 0. The molecule has 0 spiro atoms. The minimum atomic E-state index is -0.121. The first kappa shape index (κ1) is 11.1. The van der Waals surface area contributed by atoms with Crippen LogP contribution >= 0.6 is 0 Å². The highest BCUT2D eigenvalue weighted by molar-refractivity contribution is 5.84. The number of benzene rings is 2. The lowest BCUT2D eigenvalue weighted by molar-refractivity contribution is 0.185. The second-order valence-corrected chi connectivity index (χ2v) is 3.91. The van der Waals surface area contributed by atoms with E-state index in [9.17, 15) is 4.39 Å². The normalized spacial score (nSPS) is 10.9. The number of ether oxygens (including phenoxy) is 1. The van der Waals surface area contributed by atoms with Crippen molar-refractivity contribution in [2.45, 2.75) is 20.0 Å². The first-order valence-corrected chi connectivity index (χ1v) is 5.44. The van der Waals surface area contributed by atoms with Gasteiger partial charge in [-0.15, -0.1) is 0 Å². The largest absolute Gasteiger partial charge is 0.380 e. The van der Waals surface area contributed by atoms with Crippen LogP contribution in [0.2, 0.25) is 0 Å². The molecule has 2 rings (SSSR count). The molecular formula is C14H15FO. The van der Waals surface area contributed by atoms with Crippen LogP contribution in [0, 0.1) is 5.82 Å². The molecule has 1 nitrogen and oxygen atoms in total. The van der Waals surface area contributed by atoms with Crippen molar-refractivity contribution in [3.05, 3.63) is 47.3 Å². The van der Waals surface area contributed by atoms with E-state index in [0.717, 1.165) is 28.3 Å². The summed E-state index contributed by atoms with van der Waals surface area (Å²) < 4.78 is 18.7. The molecule has 2 heteroatoms. The average Bonchev–Trinajstić information content (AvgIpc) is 2.28. The average molecular weight is 218 g/mol. The number of rotatable bonds is 3. The zero-order chi connectivity index (χ0) is 11.5. The predicted octanol–water partition coefficient (Wildman–Crippen LogP) is 3.69. The van der Waals surface area contributed by atoms with Crippen molar-refractivity contribution in [3.8, 4) is 0 Å². The highest BCUT2D eigenvalue weighted by Crippen LogP contribution is 2.21. The minimum Gasteiger partial charge on any atom is -0.380 e. The molecule has 0 aliphatic heterocycles. The van der Waals surface area contributed by atoms with Gasteiger partial charge in [-0.2, -0.15) is 0 Å². The monoisotopic (exact) mass is 218 g/mol. The van der Waals surface area contributed by atoms with Gasteiger partial charge in [-0.1, -0.05) is 19.1 Å². The van der Waals surface area contributed by atoms with E-state index in [2.05, 4.69) is 0 Å². The van der Waals surface area contributed by atoms with Gasteiger partial charge in [0.1, 0.15) is 5.82 Å². The van der Waals surface area contributed by atoms with E-state index in [1.165, 1.54) is 0 Å². The van der Waals surface area contributed by atoms with Gasteiger partial charge in [-0.3, -0.25) is 0 Å². The van der Waals surface area contributed by atoms with Crippen LogP contribution in [-0.4, -0.2) is 7.11 Å². The van der Waals surface area contributed by atoms with Gasteiger partial charge in [-0.25, -0.2) is 4.39 Å². The number of aryl methyl sites for hydroxylation is 1. The molecule has 16 heavy (non-hydrogen) atoms. The van der Waals surface area contributed by atoms with Gasteiger partial charge in [0.05, 0.1) is 6.61 Å². The highest BCUT2D eigenvalue weighted by Gasteiger charge is 2.03. The molecule has 0 saturated carbocycles. The molecule has 84 valence electrons. The maximum Gasteiger partial charge on any atom is 0.127 e. The molecular weight excluding hydrogens is 203 g/mol. The van der Waals surface area contributed by atoms with Crippen LogP contribution in [0.5, 0.6) is 0 Å². The van der Waals surface area contributed by atoms with Gasteiger partial charge >= 0.3 is 0 Å². The molecule has 2 aromatic carbocycles. The Labute approximate surface area is 94.9 Å². The molecule has 0 aliphatic rings. The minimum absolute atomic E-state index is 0.121. The maximum absolute atomic E-state index is 13.6. The lowest BCUT2D eigenvalue weighted by Crippen LogP contribution is -1.90. The van der Waals surface area contributed by atoms with Crippen LogP contribution in [0.3, 0.4) is 0 Å². The number of hydrogen-bond acceptors (Lipinski definition) is 1. The fourth-order valence-corrected chi connectivity index (χ4v) is 1.89. The van der Waals surface area contributed by atoms with Crippen LogP contribution in [0.1, 0.15) is 18.1 Å². The molecule has 0 radical (unpaired) electrons. The summed E-state index contributed by atoms with van der Waals surface area (Å²) in [7, 11) is 1.66. The number of halogens is 1. The van der Waals surface area contributed by atoms with Crippen molar-refractivity contribution in [3.63, 3.8) is 0 Å². The summed E-state index contributed by atoms with van der Waals surface area (Å²) in [5.74, 6) is -0.121. The summed E-state index contributed by atoms with van der Waals surface area (Å²) in [4.78, 5) is 0.